The summed E-state index contributed by atoms with van der Waals surface area (Å²) in [6.45, 7) is 1.55. The van der Waals surface area contributed by atoms with Crippen LogP contribution in [0.1, 0.15) is 6.92 Å². The number of ether oxygens (including phenoxy) is 1. The fraction of sp³-hybridized carbons (Fsp3) is 0.200. The molecule has 30 heavy (non-hydrogen) atoms. The van der Waals surface area contributed by atoms with Crippen molar-refractivity contribution < 1.29 is 28.1 Å². The number of halogens is 3. The van der Waals surface area contributed by atoms with Gasteiger partial charge in [-0.2, -0.15) is 4.98 Å². The van der Waals surface area contributed by atoms with Gasteiger partial charge in [0.1, 0.15) is 17.3 Å². The zero-order chi connectivity index (χ0) is 21.7. The van der Waals surface area contributed by atoms with Crippen molar-refractivity contribution in [2.45, 2.75) is 19.3 Å². The lowest BCUT2D eigenvalue weighted by Gasteiger charge is -2.15. The van der Waals surface area contributed by atoms with Crippen LogP contribution in [-0.4, -0.2) is 39.2 Å². The number of hydrogen-bond donors (Lipinski definition) is 4. The summed E-state index contributed by atoms with van der Waals surface area (Å²) in [5.74, 6) is 0.178. The van der Waals surface area contributed by atoms with E-state index in [0.29, 0.717) is 22.8 Å². The zero-order valence-electron chi connectivity index (χ0n) is 15.8. The maximum atomic E-state index is 12.5. The summed E-state index contributed by atoms with van der Waals surface area (Å²) in [7, 11) is 0. The Kier molecular flexibility index (Phi) is 6.26. The minimum absolute atomic E-state index is 0.0542. The normalized spacial score (nSPS) is 12.3. The van der Waals surface area contributed by atoms with Crippen LogP contribution < -0.4 is 15.4 Å². The topological polar surface area (TPSA) is 99.5 Å². The summed E-state index contributed by atoms with van der Waals surface area (Å²) >= 11 is 0. The van der Waals surface area contributed by atoms with Gasteiger partial charge in [0.15, 0.2) is 0 Å². The fourth-order valence-electron chi connectivity index (χ4n) is 2.57. The van der Waals surface area contributed by atoms with E-state index in [1.54, 1.807) is 31.2 Å². The van der Waals surface area contributed by atoms with Crippen LogP contribution >= 0.6 is 0 Å². The minimum Gasteiger partial charge on any atom is -0.508 e. The first-order valence-electron chi connectivity index (χ1n) is 8.90. The van der Waals surface area contributed by atoms with Crippen molar-refractivity contribution in [3.8, 4) is 22.8 Å². The van der Waals surface area contributed by atoms with Gasteiger partial charge in [0.2, 0.25) is 5.95 Å². The van der Waals surface area contributed by atoms with Crippen molar-refractivity contribution in [1.82, 2.24) is 9.97 Å². The van der Waals surface area contributed by atoms with Crippen LogP contribution in [0.5, 0.6) is 11.5 Å². The van der Waals surface area contributed by atoms with Crippen LogP contribution in [0.2, 0.25) is 0 Å². The number of alkyl halides is 3. The van der Waals surface area contributed by atoms with E-state index < -0.39 is 6.36 Å². The summed E-state index contributed by atoms with van der Waals surface area (Å²) in [5.41, 5.74) is 1.25. The number of aliphatic hydroxyl groups excluding tert-OH is 1. The number of nitrogens with zero attached hydrogens (tertiary/aromatic N) is 2. The third kappa shape index (κ3) is 5.98. The Balaban J connectivity index is 1.98. The molecule has 0 aliphatic rings. The van der Waals surface area contributed by atoms with Crippen molar-refractivity contribution in [2.24, 2.45) is 0 Å². The van der Waals surface area contributed by atoms with Gasteiger partial charge in [-0.3, -0.25) is 0 Å². The standard InChI is InChI=1S/C20H19F3N4O3/c1-12(11-28)24-19-26-17(13-4-2-7-16(8-13)30-20(21,22)23)10-18(27-19)25-14-5-3-6-15(29)9-14/h2-10,12,28-29H,11H2,1H3,(H2,24,25,26,27)/t12-/m0/s1. The second-order valence-corrected chi connectivity index (χ2v) is 6.44. The van der Waals surface area contributed by atoms with Crippen LogP contribution in [0.4, 0.5) is 30.6 Å². The average Bonchev–Trinajstić information content (AvgIpc) is 2.66. The lowest BCUT2D eigenvalue weighted by atomic mass is 10.1. The largest absolute Gasteiger partial charge is 0.573 e. The van der Waals surface area contributed by atoms with Gasteiger partial charge in [-0.05, 0) is 31.2 Å². The number of anilines is 3. The molecule has 1 atom stereocenters. The molecule has 10 heteroatoms. The van der Waals surface area contributed by atoms with Gasteiger partial charge < -0.3 is 25.6 Å². The molecule has 1 heterocycles. The van der Waals surface area contributed by atoms with Gasteiger partial charge in [-0.15, -0.1) is 13.2 Å². The lowest BCUT2D eigenvalue weighted by molar-refractivity contribution is -0.274. The number of nitrogens with one attached hydrogen (secondary N) is 2. The van der Waals surface area contributed by atoms with Crippen molar-refractivity contribution >= 4 is 17.5 Å². The van der Waals surface area contributed by atoms with Crippen molar-refractivity contribution in [1.29, 1.82) is 0 Å². The number of phenolic OH excluding ortho intramolecular Hbond substituents is 1. The van der Waals surface area contributed by atoms with Crippen LogP contribution in [0.3, 0.4) is 0 Å². The summed E-state index contributed by atoms with van der Waals surface area (Å²) in [4.78, 5) is 8.65. The maximum absolute atomic E-state index is 12.5. The van der Waals surface area contributed by atoms with Gasteiger partial charge in [-0.25, -0.2) is 4.98 Å². The van der Waals surface area contributed by atoms with E-state index in [1.165, 1.54) is 30.3 Å². The van der Waals surface area contributed by atoms with Gasteiger partial charge in [-0.1, -0.05) is 18.2 Å². The molecule has 0 saturated heterocycles. The van der Waals surface area contributed by atoms with Crippen LogP contribution in [0.25, 0.3) is 11.3 Å². The van der Waals surface area contributed by atoms with Crippen LogP contribution in [0, 0.1) is 0 Å². The first-order chi connectivity index (χ1) is 14.2. The first-order valence-corrected chi connectivity index (χ1v) is 8.90. The molecule has 7 nitrogen and oxygen atoms in total. The summed E-state index contributed by atoms with van der Waals surface area (Å²) < 4.78 is 41.6. The number of phenols is 1. The zero-order valence-corrected chi connectivity index (χ0v) is 15.8. The third-order valence-corrected chi connectivity index (χ3v) is 3.86. The number of aromatic nitrogens is 2. The molecule has 0 bridgehead atoms. The first kappa shape index (κ1) is 21.2. The highest BCUT2D eigenvalue weighted by atomic mass is 19.4. The van der Waals surface area contributed by atoms with E-state index in [-0.39, 0.29) is 30.1 Å². The SMILES string of the molecule is C[C@@H](CO)Nc1nc(Nc2cccc(O)c2)cc(-c2cccc(OC(F)(F)F)c2)n1. The molecule has 1 aromatic heterocycles. The highest BCUT2D eigenvalue weighted by Gasteiger charge is 2.31. The molecule has 3 aromatic rings. The summed E-state index contributed by atoms with van der Waals surface area (Å²) in [6.07, 6.45) is -4.81. The third-order valence-electron chi connectivity index (χ3n) is 3.86. The molecule has 0 fully saturated rings. The fourth-order valence-corrected chi connectivity index (χ4v) is 2.57. The Hall–Kier alpha value is -3.53. The number of rotatable bonds is 7. The minimum atomic E-state index is -4.81. The molecule has 0 aliphatic carbocycles. The van der Waals surface area contributed by atoms with E-state index in [2.05, 4.69) is 25.3 Å². The van der Waals surface area contributed by atoms with Crippen molar-refractivity contribution in [3.63, 3.8) is 0 Å². The lowest BCUT2D eigenvalue weighted by Crippen LogP contribution is -2.21. The van der Waals surface area contributed by atoms with E-state index in [0.717, 1.165) is 0 Å². The molecule has 0 spiro atoms. The van der Waals surface area contributed by atoms with Crippen molar-refractivity contribution in [2.75, 3.05) is 17.2 Å². The molecule has 0 saturated carbocycles. The molecule has 158 valence electrons. The second-order valence-electron chi connectivity index (χ2n) is 6.44. The molecule has 3 rings (SSSR count). The summed E-state index contributed by atoms with van der Waals surface area (Å²) in [6, 6.07) is 13.0. The summed E-state index contributed by atoms with van der Waals surface area (Å²) in [5, 5.41) is 24.8. The Morgan fingerprint density at radius 2 is 1.83 bits per heavy atom. The second kappa shape index (κ2) is 8.87. The molecule has 0 amide bonds. The van der Waals surface area contributed by atoms with Crippen molar-refractivity contribution in [3.05, 3.63) is 54.6 Å². The predicted molar refractivity (Wildman–Crippen MR) is 106 cm³/mol. The van der Waals surface area contributed by atoms with Gasteiger partial charge >= 0.3 is 6.36 Å². The van der Waals surface area contributed by atoms with Gasteiger partial charge in [0, 0.05) is 29.4 Å². The Morgan fingerprint density at radius 1 is 1.07 bits per heavy atom. The monoisotopic (exact) mass is 420 g/mol. The van der Waals surface area contributed by atoms with Crippen LogP contribution in [0.15, 0.2) is 54.6 Å². The smallest absolute Gasteiger partial charge is 0.508 e. The molecule has 0 aliphatic heterocycles. The van der Waals surface area contributed by atoms with Gasteiger partial charge in [0.05, 0.1) is 12.3 Å². The van der Waals surface area contributed by atoms with E-state index >= 15 is 0 Å². The number of benzene rings is 2. The highest BCUT2D eigenvalue weighted by molar-refractivity contribution is 5.68. The highest BCUT2D eigenvalue weighted by Crippen LogP contribution is 2.29. The number of aromatic hydroxyl groups is 1. The average molecular weight is 420 g/mol. The number of hydrogen-bond acceptors (Lipinski definition) is 7. The predicted octanol–water partition coefficient (Wildman–Crippen LogP) is 4.28. The molecule has 0 radical (unpaired) electrons. The molecule has 0 unspecified atom stereocenters. The number of aliphatic hydroxyl groups is 1. The molecular formula is C20H19F3N4O3. The maximum Gasteiger partial charge on any atom is 0.573 e. The van der Waals surface area contributed by atoms with Crippen LogP contribution in [-0.2, 0) is 0 Å². The van der Waals surface area contributed by atoms with E-state index in [1.807, 2.05) is 0 Å². The van der Waals surface area contributed by atoms with E-state index in [4.69, 9.17) is 0 Å². The Morgan fingerprint density at radius 3 is 2.53 bits per heavy atom. The quantitative estimate of drug-likeness (QED) is 0.453. The Bertz CT molecular complexity index is 1010. The molecule has 2 aromatic carbocycles. The molecular weight excluding hydrogens is 401 g/mol. The Labute approximate surface area is 170 Å². The molecule has 4 N–H and O–H groups in total. The van der Waals surface area contributed by atoms with Gasteiger partial charge in [0.25, 0.3) is 0 Å². The van der Waals surface area contributed by atoms with E-state index in [9.17, 15) is 23.4 Å².